The smallest absolute Gasteiger partial charge is 0.348 e. The Bertz CT molecular complexity index is 531. The fraction of sp³-hybridized carbons (Fsp3) is 0. The highest BCUT2D eigenvalue weighted by Crippen LogP contribution is 2.22. The van der Waals surface area contributed by atoms with Crippen LogP contribution in [-0.4, -0.2) is 18.2 Å². The van der Waals surface area contributed by atoms with E-state index in [4.69, 9.17) is 0 Å². The Morgan fingerprint density at radius 2 is 2.00 bits per heavy atom. The van der Waals surface area contributed by atoms with E-state index in [9.17, 15) is 14.4 Å². The summed E-state index contributed by atoms with van der Waals surface area (Å²) in [7, 11) is 0. The number of aldehydes is 1. The maximum Gasteiger partial charge on any atom is 0.348 e. The third kappa shape index (κ3) is 1.40. The van der Waals surface area contributed by atoms with Gasteiger partial charge in [-0.2, -0.15) is 0 Å². The molecule has 0 aromatic heterocycles. The van der Waals surface area contributed by atoms with Crippen LogP contribution in [0.4, 0.5) is 0 Å². The van der Waals surface area contributed by atoms with Crippen LogP contribution in [0.2, 0.25) is 0 Å². The second-order valence-corrected chi connectivity index (χ2v) is 2.79. The largest absolute Gasteiger partial charge is 0.386 e. The van der Waals surface area contributed by atoms with E-state index in [1.807, 2.05) is 0 Å². The Balaban J connectivity index is 2.65. The molecule has 0 bridgehead atoms. The summed E-state index contributed by atoms with van der Waals surface area (Å²) >= 11 is 0. The lowest BCUT2D eigenvalue weighted by Gasteiger charge is -1.94. The van der Waals surface area contributed by atoms with Gasteiger partial charge in [0.2, 0.25) is 0 Å². The Morgan fingerprint density at radius 1 is 1.20 bits per heavy atom. The second-order valence-electron chi connectivity index (χ2n) is 2.79. The van der Waals surface area contributed by atoms with Crippen molar-refractivity contribution in [3.8, 4) is 11.8 Å². The molecule has 2 rings (SSSR count). The molecule has 0 radical (unpaired) electrons. The van der Waals surface area contributed by atoms with Crippen LogP contribution in [-0.2, 0) is 9.53 Å². The van der Waals surface area contributed by atoms with Crippen molar-refractivity contribution in [2.45, 2.75) is 0 Å². The highest BCUT2D eigenvalue weighted by Gasteiger charge is 2.31. The molecule has 0 N–H and O–H groups in total. The van der Waals surface area contributed by atoms with Gasteiger partial charge in [0, 0.05) is 5.56 Å². The molecule has 72 valence electrons. The summed E-state index contributed by atoms with van der Waals surface area (Å²) < 4.78 is 4.42. The Kier molecular flexibility index (Phi) is 2.07. The summed E-state index contributed by atoms with van der Waals surface area (Å²) in [6.45, 7) is 0. The topological polar surface area (TPSA) is 60.4 Å². The zero-order valence-electron chi connectivity index (χ0n) is 7.44. The van der Waals surface area contributed by atoms with Gasteiger partial charge in [-0.25, -0.2) is 9.59 Å². The highest BCUT2D eigenvalue weighted by molar-refractivity contribution is 6.16. The minimum absolute atomic E-state index is 0.136. The highest BCUT2D eigenvalue weighted by atomic mass is 16.6. The molecule has 1 heterocycles. The van der Waals surface area contributed by atoms with Gasteiger partial charge in [0.25, 0.3) is 0 Å². The van der Waals surface area contributed by atoms with Crippen LogP contribution in [0.1, 0.15) is 26.3 Å². The van der Waals surface area contributed by atoms with Gasteiger partial charge in [0.15, 0.2) is 6.29 Å². The van der Waals surface area contributed by atoms with Gasteiger partial charge < -0.3 is 4.74 Å². The molecular weight excluding hydrogens is 196 g/mol. The molecule has 0 spiro atoms. The predicted molar refractivity (Wildman–Crippen MR) is 49.1 cm³/mol. The number of hydrogen-bond acceptors (Lipinski definition) is 4. The van der Waals surface area contributed by atoms with Crippen molar-refractivity contribution in [2.75, 3.05) is 0 Å². The molecule has 1 aliphatic heterocycles. The van der Waals surface area contributed by atoms with Gasteiger partial charge in [-0.1, -0.05) is 12.0 Å². The maximum atomic E-state index is 11.3. The van der Waals surface area contributed by atoms with E-state index in [1.165, 1.54) is 6.07 Å². The van der Waals surface area contributed by atoms with E-state index in [2.05, 4.69) is 16.6 Å². The summed E-state index contributed by atoms with van der Waals surface area (Å²) in [4.78, 5) is 32.5. The number of ether oxygens (including phenoxy) is 1. The molecule has 0 saturated heterocycles. The molecule has 0 saturated carbocycles. The quantitative estimate of drug-likeness (QED) is 0.265. The summed E-state index contributed by atoms with van der Waals surface area (Å²) in [5, 5.41) is 0. The van der Waals surface area contributed by atoms with Crippen LogP contribution in [0.5, 0.6) is 0 Å². The molecule has 4 nitrogen and oxygen atoms in total. The third-order valence-electron chi connectivity index (χ3n) is 1.94. The summed E-state index contributed by atoms with van der Waals surface area (Å²) in [6, 6.07) is 4.61. The Morgan fingerprint density at radius 3 is 2.73 bits per heavy atom. The van der Waals surface area contributed by atoms with Crippen molar-refractivity contribution in [2.24, 2.45) is 0 Å². The van der Waals surface area contributed by atoms with Gasteiger partial charge >= 0.3 is 11.9 Å². The predicted octanol–water partition coefficient (Wildman–Crippen LogP) is 0.548. The van der Waals surface area contributed by atoms with Crippen LogP contribution in [0.15, 0.2) is 18.2 Å². The van der Waals surface area contributed by atoms with Crippen molar-refractivity contribution in [1.29, 1.82) is 0 Å². The van der Waals surface area contributed by atoms with E-state index >= 15 is 0 Å². The molecule has 0 aliphatic carbocycles. The van der Waals surface area contributed by atoms with E-state index < -0.39 is 11.9 Å². The monoisotopic (exact) mass is 200 g/mol. The van der Waals surface area contributed by atoms with Crippen molar-refractivity contribution in [1.82, 2.24) is 0 Å². The second kappa shape index (κ2) is 3.39. The third-order valence-corrected chi connectivity index (χ3v) is 1.94. The minimum atomic E-state index is -0.717. The fourth-order valence-electron chi connectivity index (χ4n) is 1.34. The lowest BCUT2D eigenvalue weighted by atomic mass is 10.0. The molecule has 1 aliphatic rings. The molecule has 15 heavy (non-hydrogen) atoms. The number of cyclic esters (lactones) is 2. The Hall–Kier alpha value is -2.41. The molecule has 0 amide bonds. The van der Waals surface area contributed by atoms with Gasteiger partial charge in [-0.3, -0.25) is 4.79 Å². The van der Waals surface area contributed by atoms with Crippen LogP contribution >= 0.6 is 0 Å². The maximum absolute atomic E-state index is 11.3. The molecule has 4 heteroatoms. The number of rotatable bonds is 0. The van der Waals surface area contributed by atoms with E-state index in [1.54, 1.807) is 12.1 Å². The number of fused-ring (bicyclic) bond motifs is 1. The summed E-state index contributed by atoms with van der Waals surface area (Å²) in [6.07, 6.45) is 0.418. The summed E-state index contributed by atoms with van der Waals surface area (Å²) in [5.74, 6) is 3.26. The van der Waals surface area contributed by atoms with E-state index in [0.29, 0.717) is 11.8 Å². The normalized spacial score (nSPS) is 12.5. The number of carbonyl (C=O) groups is 3. The van der Waals surface area contributed by atoms with Gasteiger partial charge in [0.1, 0.15) is 0 Å². The zero-order valence-corrected chi connectivity index (χ0v) is 7.44. The molecular formula is C11H4O4. The first-order valence-corrected chi connectivity index (χ1v) is 4.08. The lowest BCUT2D eigenvalue weighted by Crippen LogP contribution is -1.98. The first kappa shape index (κ1) is 9.16. The van der Waals surface area contributed by atoms with Crippen LogP contribution in [0.3, 0.4) is 0 Å². The van der Waals surface area contributed by atoms with Crippen LogP contribution < -0.4 is 0 Å². The lowest BCUT2D eigenvalue weighted by molar-refractivity contribution is -0.103. The first-order chi connectivity index (χ1) is 7.24. The van der Waals surface area contributed by atoms with Crippen molar-refractivity contribution < 1.29 is 19.1 Å². The van der Waals surface area contributed by atoms with Crippen LogP contribution in [0.25, 0.3) is 0 Å². The number of benzene rings is 1. The van der Waals surface area contributed by atoms with Gasteiger partial charge in [-0.15, -0.1) is 0 Å². The van der Waals surface area contributed by atoms with Crippen molar-refractivity contribution in [3.63, 3.8) is 0 Å². The Labute approximate surface area is 84.8 Å². The molecule has 1 aromatic carbocycles. The van der Waals surface area contributed by atoms with Crippen LogP contribution in [0, 0.1) is 11.8 Å². The molecule has 1 aromatic rings. The van der Waals surface area contributed by atoms with Crippen molar-refractivity contribution in [3.05, 3.63) is 34.9 Å². The standard InChI is InChI=1S/C11H4O4/c12-6-2-4-7-3-1-5-8-9(7)11(14)15-10(8)13/h1,3,5-6H. The molecule has 0 fully saturated rings. The first-order valence-electron chi connectivity index (χ1n) is 4.08. The average Bonchev–Trinajstić information content (AvgIpc) is 2.53. The summed E-state index contributed by atoms with van der Waals surface area (Å²) in [5.41, 5.74) is 0.657. The van der Waals surface area contributed by atoms with Crippen molar-refractivity contribution >= 4 is 18.2 Å². The number of carbonyl (C=O) groups excluding carboxylic acids is 3. The van der Waals surface area contributed by atoms with E-state index in [0.717, 1.165) is 0 Å². The minimum Gasteiger partial charge on any atom is -0.386 e. The molecule has 0 atom stereocenters. The van der Waals surface area contributed by atoms with Gasteiger partial charge in [0.05, 0.1) is 11.1 Å². The number of hydrogen-bond donors (Lipinski definition) is 0. The zero-order chi connectivity index (χ0) is 10.8. The number of esters is 2. The molecule has 0 unspecified atom stereocenters. The van der Waals surface area contributed by atoms with E-state index in [-0.39, 0.29) is 11.1 Å². The fourth-order valence-corrected chi connectivity index (χ4v) is 1.34. The van der Waals surface area contributed by atoms with Gasteiger partial charge in [-0.05, 0) is 18.1 Å². The SMILES string of the molecule is O=CC#Cc1cccc2c1C(=O)OC2=O. The average molecular weight is 200 g/mol.